The van der Waals surface area contributed by atoms with E-state index in [9.17, 15) is 10.2 Å². The zero-order valence-corrected chi connectivity index (χ0v) is 9.66. The molecule has 0 spiro atoms. The Morgan fingerprint density at radius 3 is 2.40 bits per heavy atom. The largest absolute Gasteiger partial charge is 0.504 e. The molecule has 0 bridgehead atoms. The smallest absolute Gasteiger partial charge is 0.161 e. The number of rotatable bonds is 3. The van der Waals surface area contributed by atoms with Crippen LogP contribution in [0.25, 0.3) is 0 Å². The van der Waals surface area contributed by atoms with E-state index in [0.29, 0.717) is 11.3 Å². The SMILES string of the molecule is COc1cc(C)cc(C(C)(C)CO)c1O. The molecular formula is C12H18O3. The Kier molecular flexibility index (Phi) is 3.25. The monoisotopic (exact) mass is 210 g/mol. The second kappa shape index (κ2) is 4.11. The molecule has 0 radical (unpaired) electrons. The number of aryl methyl sites for hydroxylation is 1. The highest BCUT2D eigenvalue weighted by molar-refractivity contribution is 5.51. The fraction of sp³-hybridized carbons (Fsp3) is 0.500. The van der Waals surface area contributed by atoms with Crippen molar-refractivity contribution in [3.05, 3.63) is 23.3 Å². The first-order valence-corrected chi connectivity index (χ1v) is 4.91. The molecule has 84 valence electrons. The summed E-state index contributed by atoms with van der Waals surface area (Å²) < 4.78 is 5.07. The van der Waals surface area contributed by atoms with E-state index in [1.165, 1.54) is 7.11 Å². The van der Waals surface area contributed by atoms with Crippen LogP contribution in [-0.4, -0.2) is 23.9 Å². The van der Waals surface area contributed by atoms with Crippen LogP contribution in [0.4, 0.5) is 0 Å². The summed E-state index contributed by atoms with van der Waals surface area (Å²) in [5.41, 5.74) is 1.24. The minimum Gasteiger partial charge on any atom is -0.504 e. The molecule has 3 heteroatoms. The summed E-state index contributed by atoms with van der Waals surface area (Å²) in [5, 5.41) is 19.2. The van der Waals surface area contributed by atoms with Gasteiger partial charge in [-0.2, -0.15) is 0 Å². The first-order chi connectivity index (χ1) is 6.92. The second-order valence-electron chi connectivity index (χ2n) is 4.41. The van der Waals surface area contributed by atoms with Crippen LogP contribution in [0.5, 0.6) is 11.5 Å². The van der Waals surface area contributed by atoms with E-state index in [0.717, 1.165) is 5.56 Å². The molecule has 0 unspecified atom stereocenters. The van der Waals surface area contributed by atoms with Gasteiger partial charge in [0.15, 0.2) is 11.5 Å². The van der Waals surface area contributed by atoms with Crippen LogP contribution in [0, 0.1) is 6.92 Å². The summed E-state index contributed by atoms with van der Waals surface area (Å²) >= 11 is 0. The van der Waals surface area contributed by atoms with Gasteiger partial charge in [0.2, 0.25) is 0 Å². The van der Waals surface area contributed by atoms with Crippen molar-refractivity contribution in [2.24, 2.45) is 0 Å². The third-order valence-electron chi connectivity index (χ3n) is 2.56. The average Bonchev–Trinajstić information content (AvgIpc) is 2.20. The Morgan fingerprint density at radius 1 is 1.33 bits per heavy atom. The first-order valence-electron chi connectivity index (χ1n) is 4.91. The number of aliphatic hydroxyl groups excluding tert-OH is 1. The van der Waals surface area contributed by atoms with Gasteiger partial charge in [-0.15, -0.1) is 0 Å². The van der Waals surface area contributed by atoms with Crippen LogP contribution in [0.1, 0.15) is 25.0 Å². The van der Waals surface area contributed by atoms with Crippen molar-refractivity contribution < 1.29 is 14.9 Å². The minimum absolute atomic E-state index is 0.0207. The molecule has 0 aliphatic rings. The van der Waals surface area contributed by atoms with Gasteiger partial charge in [-0.05, 0) is 18.6 Å². The molecule has 1 aromatic rings. The van der Waals surface area contributed by atoms with E-state index in [2.05, 4.69) is 0 Å². The lowest BCUT2D eigenvalue weighted by Crippen LogP contribution is -2.22. The number of phenols is 1. The highest BCUT2D eigenvalue weighted by atomic mass is 16.5. The fourth-order valence-electron chi connectivity index (χ4n) is 1.50. The highest BCUT2D eigenvalue weighted by Gasteiger charge is 2.25. The summed E-state index contributed by atoms with van der Waals surface area (Å²) in [5.74, 6) is 0.564. The second-order valence-corrected chi connectivity index (χ2v) is 4.41. The standard InChI is InChI=1S/C12H18O3/c1-8-5-9(12(2,3)7-13)11(14)10(6-8)15-4/h5-6,13-14H,7H2,1-4H3. The number of hydrogen-bond donors (Lipinski definition) is 2. The number of aliphatic hydroxyl groups is 1. The van der Waals surface area contributed by atoms with Crippen molar-refractivity contribution in [2.75, 3.05) is 13.7 Å². The van der Waals surface area contributed by atoms with Crippen molar-refractivity contribution >= 4 is 0 Å². The van der Waals surface area contributed by atoms with E-state index >= 15 is 0 Å². The number of phenolic OH excluding ortho intramolecular Hbond substituents is 1. The molecule has 0 heterocycles. The molecule has 0 amide bonds. The lowest BCUT2D eigenvalue weighted by molar-refractivity contribution is 0.214. The Morgan fingerprint density at radius 2 is 1.93 bits per heavy atom. The van der Waals surface area contributed by atoms with E-state index in [1.807, 2.05) is 26.8 Å². The lowest BCUT2D eigenvalue weighted by Gasteiger charge is -2.24. The van der Waals surface area contributed by atoms with Crippen LogP contribution < -0.4 is 4.74 Å². The molecule has 0 aromatic heterocycles. The number of aromatic hydroxyl groups is 1. The zero-order valence-electron chi connectivity index (χ0n) is 9.66. The van der Waals surface area contributed by atoms with Crippen molar-refractivity contribution in [3.8, 4) is 11.5 Å². The maximum Gasteiger partial charge on any atom is 0.161 e. The van der Waals surface area contributed by atoms with Crippen LogP contribution in [0.15, 0.2) is 12.1 Å². The Labute approximate surface area is 90.3 Å². The van der Waals surface area contributed by atoms with Crippen LogP contribution >= 0.6 is 0 Å². The Bertz CT molecular complexity index is 356. The van der Waals surface area contributed by atoms with Crippen molar-refractivity contribution in [2.45, 2.75) is 26.2 Å². The molecule has 1 rings (SSSR count). The zero-order chi connectivity index (χ0) is 11.6. The lowest BCUT2D eigenvalue weighted by atomic mass is 9.84. The van der Waals surface area contributed by atoms with Crippen molar-refractivity contribution in [1.82, 2.24) is 0 Å². The number of methoxy groups -OCH3 is 1. The Balaban J connectivity index is 3.35. The molecule has 0 saturated heterocycles. The fourth-order valence-corrected chi connectivity index (χ4v) is 1.50. The maximum atomic E-state index is 9.94. The van der Waals surface area contributed by atoms with Crippen LogP contribution in [0.3, 0.4) is 0 Å². The van der Waals surface area contributed by atoms with Gasteiger partial charge in [0.1, 0.15) is 0 Å². The van der Waals surface area contributed by atoms with E-state index in [-0.39, 0.29) is 12.4 Å². The van der Waals surface area contributed by atoms with Gasteiger partial charge in [0, 0.05) is 11.0 Å². The summed E-state index contributed by atoms with van der Waals surface area (Å²) in [6.07, 6.45) is 0. The average molecular weight is 210 g/mol. The summed E-state index contributed by atoms with van der Waals surface area (Å²) in [6.45, 7) is 5.66. The summed E-state index contributed by atoms with van der Waals surface area (Å²) in [6, 6.07) is 3.64. The number of benzene rings is 1. The predicted molar refractivity (Wildman–Crippen MR) is 59.5 cm³/mol. The first kappa shape index (κ1) is 11.9. The quantitative estimate of drug-likeness (QED) is 0.802. The molecule has 0 saturated carbocycles. The molecule has 0 aliphatic carbocycles. The predicted octanol–water partition coefficient (Wildman–Crippen LogP) is 1.98. The third-order valence-corrected chi connectivity index (χ3v) is 2.56. The van der Waals surface area contributed by atoms with Crippen molar-refractivity contribution in [1.29, 1.82) is 0 Å². The van der Waals surface area contributed by atoms with Gasteiger partial charge in [0.05, 0.1) is 13.7 Å². The van der Waals surface area contributed by atoms with Gasteiger partial charge in [0.25, 0.3) is 0 Å². The Hall–Kier alpha value is -1.22. The summed E-state index contributed by atoms with van der Waals surface area (Å²) in [7, 11) is 1.52. The van der Waals surface area contributed by atoms with Gasteiger partial charge in [-0.25, -0.2) is 0 Å². The number of ether oxygens (including phenoxy) is 1. The van der Waals surface area contributed by atoms with Crippen LogP contribution in [0.2, 0.25) is 0 Å². The maximum absolute atomic E-state index is 9.94. The van der Waals surface area contributed by atoms with E-state index < -0.39 is 5.41 Å². The molecule has 3 nitrogen and oxygen atoms in total. The van der Waals surface area contributed by atoms with Gasteiger partial charge in [-0.3, -0.25) is 0 Å². The van der Waals surface area contributed by atoms with Gasteiger partial charge < -0.3 is 14.9 Å². The normalized spacial score (nSPS) is 11.5. The molecular weight excluding hydrogens is 192 g/mol. The third kappa shape index (κ3) is 2.23. The molecule has 0 atom stereocenters. The molecule has 0 aliphatic heterocycles. The molecule has 1 aromatic carbocycles. The minimum atomic E-state index is -0.469. The van der Waals surface area contributed by atoms with Crippen LogP contribution in [-0.2, 0) is 5.41 Å². The number of hydrogen-bond acceptors (Lipinski definition) is 3. The highest BCUT2D eigenvalue weighted by Crippen LogP contribution is 2.38. The molecule has 2 N–H and O–H groups in total. The topological polar surface area (TPSA) is 49.7 Å². The molecule has 15 heavy (non-hydrogen) atoms. The van der Waals surface area contributed by atoms with E-state index in [4.69, 9.17) is 4.74 Å². The molecule has 0 fully saturated rings. The van der Waals surface area contributed by atoms with Gasteiger partial charge in [-0.1, -0.05) is 19.9 Å². The van der Waals surface area contributed by atoms with Gasteiger partial charge >= 0.3 is 0 Å². The summed E-state index contributed by atoms with van der Waals surface area (Å²) in [4.78, 5) is 0. The van der Waals surface area contributed by atoms with E-state index in [1.54, 1.807) is 6.07 Å². The van der Waals surface area contributed by atoms with Crippen molar-refractivity contribution in [3.63, 3.8) is 0 Å².